The summed E-state index contributed by atoms with van der Waals surface area (Å²) < 4.78 is 11.2. The van der Waals surface area contributed by atoms with Crippen LogP contribution in [0.2, 0.25) is 0 Å². The summed E-state index contributed by atoms with van der Waals surface area (Å²) in [6.07, 6.45) is 0.771. The Bertz CT molecular complexity index is 519. The molecule has 0 radical (unpaired) electrons. The molecule has 0 aromatic carbocycles. The molecule has 2 N–H and O–H groups in total. The maximum Gasteiger partial charge on any atom is 0.413 e. The van der Waals surface area contributed by atoms with Crippen molar-refractivity contribution in [2.24, 2.45) is 0 Å². The lowest BCUT2D eigenvalue weighted by Gasteiger charge is -2.11. The molecule has 10 heteroatoms. The molecule has 0 spiro atoms. The number of rotatable bonds is 4. The summed E-state index contributed by atoms with van der Waals surface area (Å²) in [5.41, 5.74) is 2.60. The molecule has 0 unspecified atom stereocenters. The van der Waals surface area contributed by atoms with Crippen LogP contribution in [-0.4, -0.2) is 40.0 Å². The zero-order chi connectivity index (χ0) is 15.1. The highest BCUT2D eigenvalue weighted by Crippen LogP contribution is 2.09. The second-order valence-electron chi connectivity index (χ2n) is 3.26. The maximum atomic E-state index is 11.7. The number of imidazole rings is 1. The van der Waals surface area contributed by atoms with Crippen LogP contribution in [0.4, 0.5) is 4.79 Å². The molecule has 1 rings (SSSR count). The van der Waals surface area contributed by atoms with Crippen molar-refractivity contribution < 1.29 is 19.1 Å². The van der Waals surface area contributed by atoms with Crippen LogP contribution in [0.5, 0.6) is 0 Å². The summed E-state index contributed by atoms with van der Waals surface area (Å²) in [5, 5.41) is 2.24. The Morgan fingerprint density at radius 1 is 1.40 bits per heavy atom. The van der Waals surface area contributed by atoms with Crippen molar-refractivity contribution in [3.63, 3.8) is 0 Å². The zero-order valence-electron chi connectivity index (χ0n) is 10.8. The van der Waals surface area contributed by atoms with Gasteiger partial charge in [-0.1, -0.05) is 0 Å². The van der Waals surface area contributed by atoms with E-state index in [0.717, 1.165) is 0 Å². The average molecular weight is 365 g/mol. The predicted molar refractivity (Wildman–Crippen MR) is 78.0 cm³/mol. The second-order valence-corrected chi connectivity index (χ2v) is 4.48. The Hall–Kier alpha value is -1.68. The van der Waals surface area contributed by atoms with Crippen LogP contribution in [0.1, 0.15) is 24.5 Å². The molecule has 1 amide bonds. The minimum absolute atomic E-state index is 0.00765. The van der Waals surface area contributed by atoms with Gasteiger partial charge >= 0.3 is 12.1 Å². The highest BCUT2D eigenvalue weighted by Gasteiger charge is 2.17. The molecule has 8 nitrogen and oxygen atoms in total. The van der Waals surface area contributed by atoms with Crippen LogP contribution in [0.3, 0.4) is 0 Å². The Morgan fingerprint density at radius 2 is 2.05 bits per heavy atom. The molecule has 0 fully saturated rings. The number of carbonyl (C=O) groups excluding carboxylic acids is 2. The van der Waals surface area contributed by atoms with Crippen molar-refractivity contribution in [3.8, 4) is 0 Å². The van der Waals surface area contributed by atoms with Gasteiger partial charge in [0.1, 0.15) is 4.60 Å². The molecule has 110 valence electrons. The second kappa shape index (κ2) is 7.80. The van der Waals surface area contributed by atoms with Crippen LogP contribution < -0.4 is 10.7 Å². The van der Waals surface area contributed by atoms with Crippen LogP contribution in [0.25, 0.3) is 0 Å². The van der Waals surface area contributed by atoms with Crippen molar-refractivity contribution in [1.29, 1.82) is 0 Å². The highest BCUT2D eigenvalue weighted by molar-refractivity contribution is 9.10. The van der Waals surface area contributed by atoms with E-state index in [0.29, 0.717) is 4.60 Å². The topological polar surface area (TPSA) is 94.5 Å². The van der Waals surface area contributed by atoms with Gasteiger partial charge in [-0.05, 0) is 42.0 Å². The molecule has 0 saturated heterocycles. The van der Waals surface area contributed by atoms with E-state index in [1.165, 1.54) is 10.9 Å². The van der Waals surface area contributed by atoms with Gasteiger partial charge in [-0.25, -0.2) is 19.2 Å². The lowest BCUT2D eigenvalue weighted by molar-refractivity contribution is 0.0508. The number of thiocarbonyl (C=S) groups is 1. The van der Waals surface area contributed by atoms with Crippen molar-refractivity contribution >= 4 is 45.3 Å². The van der Waals surface area contributed by atoms with Gasteiger partial charge in [0.05, 0.1) is 19.4 Å². The number of ether oxygens (including phenoxy) is 2. The minimum atomic E-state index is -0.693. The molecule has 0 aliphatic rings. The number of nitrogens with zero attached hydrogens (tertiary/aromatic N) is 2. The summed E-state index contributed by atoms with van der Waals surface area (Å²) >= 11 is 8.04. The molecule has 0 aliphatic heterocycles. The first-order valence-electron chi connectivity index (χ1n) is 5.64. The van der Waals surface area contributed by atoms with E-state index in [4.69, 9.17) is 17.0 Å². The van der Waals surface area contributed by atoms with Crippen LogP contribution >= 0.6 is 28.1 Å². The van der Waals surface area contributed by atoms with Gasteiger partial charge in [0, 0.05) is 0 Å². The smallest absolute Gasteiger partial charge is 0.413 e. The summed E-state index contributed by atoms with van der Waals surface area (Å²) in [6, 6.07) is 0. The average Bonchev–Trinajstić information content (AvgIpc) is 2.70. The number of aromatic nitrogens is 2. The first-order valence-corrected chi connectivity index (χ1v) is 6.84. The van der Waals surface area contributed by atoms with E-state index in [9.17, 15) is 9.59 Å². The number of esters is 1. The van der Waals surface area contributed by atoms with E-state index < -0.39 is 12.1 Å². The number of hydrogen-bond acceptors (Lipinski definition) is 6. The Kier molecular flexibility index (Phi) is 6.39. The Labute approximate surface area is 128 Å². The minimum Gasteiger partial charge on any atom is -0.460 e. The van der Waals surface area contributed by atoms with E-state index in [2.05, 4.69) is 36.4 Å². The summed E-state index contributed by atoms with van der Waals surface area (Å²) in [4.78, 5) is 26.8. The monoisotopic (exact) mass is 364 g/mol. The van der Waals surface area contributed by atoms with Crippen LogP contribution in [0.15, 0.2) is 10.8 Å². The molecule has 1 heterocycles. The number of alkyl carbamates (subject to hydrolysis) is 1. The summed E-state index contributed by atoms with van der Waals surface area (Å²) in [6.45, 7) is 3.79. The number of carbonyl (C=O) groups is 2. The largest absolute Gasteiger partial charge is 0.460 e. The van der Waals surface area contributed by atoms with Crippen molar-refractivity contribution in [2.75, 3.05) is 18.6 Å². The fourth-order valence-electron chi connectivity index (χ4n) is 1.17. The number of amides is 1. The third-order valence-electron chi connectivity index (χ3n) is 1.85. The van der Waals surface area contributed by atoms with E-state index in [1.54, 1.807) is 13.8 Å². The number of hydrogen-bond donors (Lipinski definition) is 2. The maximum absolute atomic E-state index is 11.7. The van der Waals surface area contributed by atoms with Crippen LogP contribution in [-0.2, 0) is 9.47 Å². The lowest BCUT2D eigenvalue weighted by Crippen LogP contribution is -2.39. The predicted octanol–water partition coefficient (Wildman–Crippen LogP) is 1.40. The van der Waals surface area contributed by atoms with Gasteiger partial charge in [-0.2, -0.15) is 0 Å². The standard InChI is InChI=1S/C10H13BrN4O4S/c1-3-18-8(16)7-12-6(11)5-15(7)14-9(20)13-10(17)19-4-2/h5H,3-4H2,1-2H3,(H2,13,14,17,20). The van der Waals surface area contributed by atoms with Gasteiger partial charge < -0.3 is 9.47 Å². The molecule has 1 aromatic heterocycles. The first-order chi connectivity index (χ1) is 9.47. The van der Waals surface area contributed by atoms with Crippen molar-refractivity contribution in [3.05, 3.63) is 16.6 Å². The van der Waals surface area contributed by atoms with Gasteiger partial charge in [0.25, 0.3) is 0 Å². The highest BCUT2D eigenvalue weighted by atomic mass is 79.9. The van der Waals surface area contributed by atoms with Crippen molar-refractivity contribution in [2.45, 2.75) is 13.8 Å². The molecular weight excluding hydrogens is 352 g/mol. The Morgan fingerprint density at radius 3 is 2.65 bits per heavy atom. The normalized spacial score (nSPS) is 9.75. The lowest BCUT2D eigenvalue weighted by atomic mass is 10.6. The van der Waals surface area contributed by atoms with E-state index in [1.807, 2.05) is 0 Å². The fraction of sp³-hybridized carbons (Fsp3) is 0.400. The summed E-state index contributed by atoms with van der Waals surface area (Å²) in [7, 11) is 0. The number of halogens is 1. The van der Waals surface area contributed by atoms with E-state index in [-0.39, 0.29) is 24.2 Å². The van der Waals surface area contributed by atoms with Gasteiger partial charge in [0.2, 0.25) is 5.82 Å². The third kappa shape index (κ3) is 4.78. The van der Waals surface area contributed by atoms with Gasteiger partial charge in [0.15, 0.2) is 5.11 Å². The van der Waals surface area contributed by atoms with E-state index >= 15 is 0 Å². The molecule has 0 atom stereocenters. The Balaban J connectivity index is 2.74. The molecule has 0 saturated carbocycles. The molecule has 1 aromatic rings. The molecule has 0 bridgehead atoms. The quantitative estimate of drug-likeness (QED) is 0.615. The molecule has 0 aliphatic carbocycles. The van der Waals surface area contributed by atoms with Gasteiger partial charge in [-0.3, -0.25) is 10.7 Å². The molecule has 20 heavy (non-hydrogen) atoms. The van der Waals surface area contributed by atoms with Gasteiger partial charge in [-0.15, -0.1) is 0 Å². The molecular formula is C10H13BrN4O4S. The fourth-order valence-corrected chi connectivity index (χ4v) is 1.73. The zero-order valence-corrected chi connectivity index (χ0v) is 13.2. The SMILES string of the molecule is CCOC(=O)NC(=S)Nn1cc(Br)nc1C(=O)OCC. The van der Waals surface area contributed by atoms with Crippen molar-refractivity contribution in [1.82, 2.24) is 15.0 Å². The van der Waals surface area contributed by atoms with Crippen LogP contribution in [0, 0.1) is 0 Å². The first kappa shape index (κ1) is 16.4. The summed E-state index contributed by atoms with van der Waals surface area (Å²) in [5.74, 6) is -0.628. The third-order valence-corrected chi connectivity index (χ3v) is 2.42. The number of nitrogens with one attached hydrogen (secondary N) is 2.